The lowest BCUT2D eigenvalue weighted by molar-refractivity contribution is 0.341. The standard InChI is InChI=1S/C16H24ClNO/c1-4-11(3)15(18-5-2)10-13-9-14(17)8-12-6-7-19-16(12)13/h8-9,11,15,18H,4-7,10H2,1-3H3. The van der Waals surface area contributed by atoms with Gasteiger partial charge >= 0.3 is 0 Å². The molecule has 0 bridgehead atoms. The highest BCUT2D eigenvalue weighted by Gasteiger charge is 2.22. The van der Waals surface area contributed by atoms with Crippen LogP contribution in [0.5, 0.6) is 5.75 Å². The van der Waals surface area contributed by atoms with E-state index in [1.807, 2.05) is 6.07 Å². The predicted octanol–water partition coefficient (Wildman–Crippen LogP) is 3.84. The first-order valence-electron chi connectivity index (χ1n) is 7.33. The van der Waals surface area contributed by atoms with Gasteiger partial charge in [0, 0.05) is 17.5 Å². The smallest absolute Gasteiger partial charge is 0.125 e. The maximum Gasteiger partial charge on any atom is 0.125 e. The van der Waals surface area contributed by atoms with Crippen molar-refractivity contribution in [3.63, 3.8) is 0 Å². The largest absolute Gasteiger partial charge is 0.493 e. The first-order valence-corrected chi connectivity index (χ1v) is 7.71. The molecule has 2 unspecified atom stereocenters. The van der Waals surface area contributed by atoms with Crippen molar-refractivity contribution in [1.82, 2.24) is 5.32 Å². The molecule has 1 aromatic carbocycles. The first-order chi connectivity index (χ1) is 9.15. The maximum absolute atomic E-state index is 6.23. The highest BCUT2D eigenvalue weighted by atomic mass is 35.5. The number of hydrogen-bond acceptors (Lipinski definition) is 2. The van der Waals surface area contributed by atoms with Crippen molar-refractivity contribution in [2.75, 3.05) is 13.2 Å². The Hall–Kier alpha value is -0.730. The zero-order valence-corrected chi connectivity index (χ0v) is 12.9. The molecule has 1 N–H and O–H groups in total. The fourth-order valence-corrected chi connectivity index (χ4v) is 3.02. The van der Waals surface area contributed by atoms with Gasteiger partial charge in [-0.15, -0.1) is 0 Å². The molecule has 0 aromatic heterocycles. The predicted molar refractivity (Wildman–Crippen MR) is 81.3 cm³/mol. The lowest BCUT2D eigenvalue weighted by atomic mass is 9.92. The third-order valence-electron chi connectivity index (χ3n) is 4.06. The Kier molecular flexibility index (Phi) is 5.12. The summed E-state index contributed by atoms with van der Waals surface area (Å²) in [5.74, 6) is 1.73. The number of halogens is 1. The molecule has 2 nitrogen and oxygen atoms in total. The number of hydrogen-bond donors (Lipinski definition) is 1. The van der Waals surface area contributed by atoms with Gasteiger partial charge in [0.1, 0.15) is 5.75 Å². The molecule has 1 aliphatic heterocycles. The van der Waals surface area contributed by atoms with Crippen LogP contribution in [-0.4, -0.2) is 19.2 Å². The van der Waals surface area contributed by atoms with E-state index in [2.05, 4.69) is 32.2 Å². The van der Waals surface area contributed by atoms with E-state index in [0.29, 0.717) is 12.0 Å². The minimum absolute atomic E-state index is 0.488. The molecule has 0 amide bonds. The van der Waals surface area contributed by atoms with E-state index in [1.54, 1.807) is 0 Å². The molecule has 3 heteroatoms. The summed E-state index contributed by atoms with van der Waals surface area (Å²) in [6.07, 6.45) is 3.16. The van der Waals surface area contributed by atoms with E-state index in [1.165, 1.54) is 17.5 Å². The molecule has 1 heterocycles. The van der Waals surface area contributed by atoms with E-state index in [9.17, 15) is 0 Å². The second-order valence-electron chi connectivity index (χ2n) is 5.41. The van der Waals surface area contributed by atoms with E-state index >= 15 is 0 Å². The molecule has 1 aromatic rings. The topological polar surface area (TPSA) is 21.3 Å². The molecule has 106 valence electrons. The molecular weight excluding hydrogens is 258 g/mol. The SMILES string of the molecule is CCNC(Cc1cc(Cl)cc2c1OCC2)C(C)CC. The van der Waals surface area contributed by atoms with Crippen LogP contribution in [0.4, 0.5) is 0 Å². The quantitative estimate of drug-likeness (QED) is 0.855. The highest BCUT2D eigenvalue weighted by Crippen LogP contribution is 2.34. The normalized spacial score (nSPS) is 16.8. The lowest BCUT2D eigenvalue weighted by Gasteiger charge is -2.25. The van der Waals surface area contributed by atoms with Gasteiger partial charge in [-0.25, -0.2) is 0 Å². The van der Waals surface area contributed by atoms with Gasteiger partial charge in [-0.2, -0.15) is 0 Å². The van der Waals surface area contributed by atoms with E-state index in [0.717, 1.165) is 36.8 Å². The van der Waals surface area contributed by atoms with Crippen LogP contribution in [0, 0.1) is 5.92 Å². The van der Waals surface area contributed by atoms with E-state index in [4.69, 9.17) is 16.3 Å². The van der Waals surface area contributed by atoms with Crippen molar-refractivity contribution in [2.24, 2.45) is 5.92 Å². The summed E-state index contributed by atoms with van der Waals surface area (Å²) in [5, 5.41) is 4.43. The molecule has 19 heavy (non-hydrogen) atoms. The average molecular weight is 282 g/mol. The van der Waals surface area contributed by atoms with Crippen molar-refractivity contribution in [1.29, 1.82) is 0 Å². The van der Waals surface area contributed by atoms with Crippen LogP contribution in [0.3, 0.4) is 0 Å². The van der Waals surface area contributed by atoms with Crippen LogP contribution < -0.4 is 10.1 Å². The molecule has 0 radical (unpaired) electrons. The van der Waals surface area contributed by atoms with E-state index in [-0.39, 0.29) is 0 Å². The number of nitrogens with one attached hydrogen (secondary N) is 1. The van der Waals surface area contributed by atoms with Crippen LogP contribution in [0.2, 0.25) is 5.02 Å². The summed E-state index contributed by atoms with van der Waals surface area (Å²) in [7, 11) is 0. The summed E-state index contributed by atoms with van der Waals surface area (Å²) in [5.41, 5.74) is 2.52. The van der Waals surface area contributed by atoms with Gasteiger partial charge in [-0.05, 0) is 42.1 Å². The van der Waals surface area contributed by atoms with E-state index < -0.39 is 0 Å². The van der Waals surface area contributed by atoms with Crippen molar-refractivity contribution < 1.29 is 4.74 Å². The minimum Gasteiger partial charge on any atom is -0.493 e. The fraction of sp³-hybridized carbons (Fsp3) is 0.625. The van der Waals surface area contributed by atoms with Gasteiger partial charge in [-0.1, -0.05) is 38.8 Å². The van der Waals surface area contributed by atoms with Crippen LogP contribution in [-0.2, 0) is 12.8 Å². The molecule has 0 aliphatic carbocycles. The van der Waals surface area contributed by atoms with Gasteiger partial charge in [0.2, 0.25) is 0 Å². The lowest BCUT2D eigenvalue weighted by Crippen LogP contribution is -2.36. The Labute approximate surface area is 121 Å². The highest BCUT2D eigenvalue weighted by molar-refractivity contribution is 6.30. The molecule has 0 saturated heterocycles. The molecular formula is C16H24ClNO. The van der Waals surface area contributed by atoms with Gasteiger partial charge in [-0.3, -0.25) is 0 Å². The van der Waals surface area contributed by atoms with Crippen molar-refractivity contribution in [3.8, 4) is 5.75 Å². The summed E-state index contributed by atoms with van der Waals surface area (Å²) >= 11 is 6.23. The third-order valence-corrected chi connectivity index (χ3v) is 4.28. The minimum atomic E-state index is 0.488. The number of rotatable bonds is 6. The summed E-state index contributed by atoms with van der Waals surface area (Å²) in [6.45, 7) is 8.50. The van der Waals surface area contributed by atoms with Gasteiger partial charge < -0.3 is 10.1 Å². The third kappa shape index (κ3) is 3.43. The van der Waals surface area contributed by atoms with Gasteiger partial charge in [0.15, 0.2) is 0 Å². The molecule has 0 fully saturated rings. The summed E-state index contributed by atoms with van der Waals surface area (Å²) in [6, 6.07) is 4.60. The monoisotopic (exact) mass is 281 g/mol. The van der Waals surface area contributed by atoms with Crippen LogP contribution >= 0.6 is 11.6 Å². The molecule has 0 saturated carbocycles. The zero-order chi connectivity index (χ0) is 13.8. The number of ether oxygens (including phenoxy) is 1. The molecule has 1 aliphatic rings. The summed E-state index contributed by atoms with van der Waals surface area (Å²) < 4.78 is 5.79. The second kappa shape index (κ2) is 6.62. The number of fused-ring (bicyclic) bond motifs is 1. The van der Waals surface area contributed by atoms with Crippen LogP contribution in [0.25, 0.3) is 0 Å². The molecule has 0 spiro atoms. The van der Waals surface area contributed by atoms with Gasteiger partial charge in [0.05, 0.1) is 6.61 Å². The first kappa shape index (κ1) is 14.7. The second-order valence-corrected chi connectivity index (χ2v) is 5.84. The Morgan fingerprint density at radius 1 is 1.37 bits per heavy atom. The number of likely N-dealkylation sites (N-methyl/N-ethyl adjacent to an activating group) is 1. The Morgan fingerprint density at radius 2 is 2.16 bits per heavy atom. The van der Waals surface area contributed by atoms with Crippen molar-refractivity contribution >= 4 is 11.6 Å². The van der Waals surface area contributed by atoms with Crippen molar-refractivity contribution in [2.45, 2.75) is 46.1 Å². The molecule has 2 rings (SSSR count). The van der Waals surface area contributed by atoms with Crippen LogP contribution in [0.1, 0.15) is 38.3 Å². The molecule has 2 atom stereocenters. The van der Waals surface area contributed by atoms with Crippen LogP contribution in [0.15, 0.2) is 12.1 Å². The maximum atomic E-state index is 6.23. The average Bonchev–Trinajstić information content (AvgIpc) is 2.85. The number of benzene rings is 1. The Morgan fingerprint density at radius 3 is 2.84 bits per heavy atom. The summed E-state index contributed by atoms with van der Waals surface area (Å²) in [4.78, 5) is 0. The van der Waals surface area contributed by atoms with Gasteiger partial charge in [0.25, 0.3) is 0 Å². The zero-order valence-electron chi connectivity index (χ0n) is 12.1. The van der Waals surface area contributed by atoms with Crippen molar-refractivity contribution in [3.05, 3.63) is 28.3 Å². The fourth-order valence-electron chi connectivity index (χ4n) is 2.76. The Balaban J connectivity index is 2.21. The Bertz CT molecular complexity index is 433.